The molecule has 0 saturated heterocycles. The van der Waals surface area contributed by atoms with Crippen LogP contribution in [0.3, 0.4) is 0 Å². The number of thioether (sulfide) groups is 1. The van der Waals surface area contributed by atoms with Crippen LogP contribution < -0.4 is 21.6 Å². The summed E-state index contributed by atoms with van der Waals surface area (Å²) in [7, 11) is 3.88. The molecule has 0 saturated carbocycles. The molecule has 0 radical (unpaired) electrons. The molecule has 2 aromatic rings. The molecule has 0 unspecified atom stereocenters. The van der Waals surface area contributed by atoms with Gasteiger partial charge in [0.25, 0.3) is 5.56 Å². The summed E-state index contributed by atoms with van der Waals surface area (Å²) in [6.45, 7) is 0. The fourth-order valence-corrected chi connectivity index (χ4v) is 2.27. The average molecular weight is 320 g/mol. The van der Waals surface area contributed by atoms with Crippen LogP contribution in [0, 0.1) is 0 Å². The molecule has 2 rings (SSSR count). The fraction of sp³-hybridized carbons (Fsp3) is 0.231. The van der Waals surface area contributed by atoms with Crippen molar-refractivity contribution in [3.05, 3.63) is 40.8 Å². The summed E-state index contributed by atoms with van der Waals surface area (Å²) in [4.78, 5) is 25.1. The highest BCUT2D eigenvalue weighted by molar-refractivity contribution is 7.99. The third kappa shape index (κ3) is 3.98. The molecule has 9 heteroatoms. The molecule has 1 amide bonds. The number of aromatic nitrogens is 3. The van der Waals surface area contributed by atoms with Crippen molar-refractivity contribution in [1.82, 2.24) is 14.9 Å². The fourth-order valence-electron chi connectivity index (χ4n) is 1.60. The van der Waals surface area contributed by atoms with Crippen LogP contribution in [-0.2, 0) is 4.79 Å². The van der Waals surface area contributed by atoms with Gasteiger partial charge in [-0.05, 0) is 24.3 Å². The summed E-state index contributed by atoms with van der Waals surface area (Å²) in [6.07, 6.45) is 1.01. The molecule has 3 N–H and O–H groups in total. The molecular formula is C13H16N6O2S. The zero-order chi connectivity index (χ0) is 16.1. The maximum absolute atomic E-state index is 11.9. The molecule has 116 valence electrons. The van der Waals surface area contributed by atoms with Crippen LogP contribution in [0.2, 0.25) is 0 Å². The summed E-state index contributed by atoms with van der Waals surface area (Å²) in [5.41, 5.74) is 1.26. The van der Waals surface area contributed by atoms with Crippen LogP contribution in [0.5, 0.6) is 0 Å². The SMILES string of the molecule is CN(C)c1ccc(NC(=O)CSc2nncc(=O)n2N)cc1. The van der Waals surface area contributed by atoms with E-state index in [4.69, 9.17) is 5.84 Å². The molecule has 0 aliphatic heterocycles. The van der Waals surface area contributed by atoms with E-state index in [1.807, 2.05) is 43.3 Å². The Labute approximate surface area is 131 Å². The number of nitrogens with zero attached hydrogens (tertiary/aromatic N) is 4. The van der Waals surface area contributed by atoms with E-state index in [0.29, 0.717) is 5.69 Å². The minimum Gasteiger partial charge on any atom is -0.378 e. The van der Waals surface area contributed by atoms with Crippen molar-refractivity contribution in [3.8, 4) is 0 Å². The monoisotopic (exact) mass is 320 g/mol. The highest BCUT2D eigenvalue weighted by atomic mass is 32.2. The normalized spacial score (nSPS) is 10.3. The van der Waals surface area contributed by atoms with Crippen LogP contribution in [-0.4, -0.2) is 40.6 Å². The number of nitrogens with one attached hydrogen (secondary N) is 1. The van der Waals surface area contributed by atoms with Gasteiger partial charge in [0.2, 0.25) is 11.1 Å². The number of carbonyl (C=O) groups excluding carboxylic acids is 1. The summed E-state index contributed by atoms with van der Waals surface area (Å²) in [5, 5.41) is 10.2. The van der Waals surface area contributed by atoms with Gasteiger partial charge < -0.3 is 16.1 Å². The molecule has 0 aliphatic carbocycles. The van der Waals surface area contributed by atoms with Crippen LogP contribution in [0.4, 0.5) is 11.4 Å². The minimum absolute atomic E-state index is 0.0742. The quantitative estimate of drug-likeness (QED) is 0.596. The van der Waals surface area contributed by atoms with Crippen molar-refractivity contribution >= 4 is 29.0 Å². The Balaban J connectivity index is 1.93. The van der Waals surface area contributed by atoms with Crippen molar-refractivity contribution in [1.29, 1.82) is 0 Å². The number of hydrogen-bond acceptors (Lipinski definition) is 7. The van der Waals surface area contributed by atoms with Crippen molar-refractivity contribution in [2.45, 2.75) is 5.16 Å². The molecule has 0 aliphatic rings. The maximum atomic E-state index is 11.9. The summed E-state index contributed by atoms with van der Waals surface area (Å²) < 4.78 is 0.858. The van der Waals surface area contributed by atoms with Gasteiger partial charge in [0, 0.05) is 25.5 Å². The molecule has 22 heavy (non-hydrogen) atoms. The van der Waals surface area contributed by atoms with Gasteiger partial charge in [0.15, 0.2) is 0 Å². The number of benzene rings is 1. The van der Waals surface area contributed by atoms with E-state index >= 15 is 0 Å². The topological polar surface area (TPSA) is 106 Å². The molecule has 0 fully saturated rings. The lowest BCUT2D eigenvalue weighted by Gasteiger charge is -2.13. The van der Waals surface area contributed by atoms with Crippen LogP contribution >= 0.6 is 11.8 Å². The van der Waals surface area contributed by atoms with E-state index in [1.165, 1.54) is 0 Å². The number of rotatable bonds is 5. The Hall–Kier alpha value is -2.55. The largest absolute Gasteiger partial charge is 0.378 e. The molecule has 1 aromatic heterocycles. The van der Waals surface area contributed by atoms with E-state index in [2.05, 4.69) is 15.5 Å². The van der Waals surface area contributed by atoms with Gasteiger partial charge in [-0.15, -0.1) is 5.10 Å². The smallest absolute Gasteiger partial charge is 0.291 e. The number of hydrogen-bond donors (Lipinski definition) is 2. The second-order valence-electron chi connectivity index (χ2n) is 4.61. The first kappa shape index (κ1) is 15.8. The van der Waals surface area contributed by atoms with Gasteiger partial charge in [-0.1, -0.05) is 11.8 Å². The van der Waals surface area contributed by atoms with Crippen molar-refractivity contribution < 1.29 is 4.79 Å². The molecule has 8 nitrogen and oxygen atoms in total. The standard InChI is InChI=1S/C13H16N6O2S/c1-18(2)10-5-3-9(4-6-10)16-11(20)8-22-13-17-15-7-12(21)19(13)14/h3-7H,8,14H2,1-2H3,(H,16,20). The van der Waals surface area contributed by atoms with Crippen LogP contribution in [0.15, 0.2) is 40.4 Å². The van der Waals surface area contributed by atoms with Crippen LogP contribution in [0.1, 0.15) is 0 Å². The molecule has 0 spiro atoms. The lowest BCUT2D eigenvalue weighted by molar-refractivity contribution is -0.113. The van der Waals surface area contributed by atoms with E-state index in [0.717, 1.165) is 28.3 Å². The van der Waals surface area contributed by atoms with E-state index < -0.39 is 5.56 Å². The van der Waals surface area contributed by atoms with Gasteiger partial charge in [-0.25, -0.2) is 0 Å². The third-order valence-electron chi connectivity index (χ3n) is 2.75. The number of nitrogen functional groups attached to an aromatic ring is 1. The van der Waals surface area contributed by atoms with Crippen molar-refractivity contribution in [2.75, 3.05) is 35.9 Å². The molecule has 0 atom stereocenters. The second kappa shape index (κ2) is 6.94. The molecule has 1 heterocycles. The first-order valence-corrected chi connectivity index (χ1v) is 7.36. The Kier molecular flexibility index (Phi) is 4.99. The minimum atomic E-state index is -0.475. The molecule has 0 bridgehead atoms. The van der Waals surface area contributed by atoms with Gasteiger partial charge in [0.1, 0.15) is 6.20 Å². The van der Waals surface area contributed by atoms with E-state index in [1.54, 1.807) is 0 Å². The van der Waals surface area contributed by atoms with Gasteiger partial charge in [-0.2, -0.15) is 9.77 Å². The van der Waals surface area contributed by atoms with E-state index in [9.17, 15) is 9.59 Å². The number of nitrogens with two attached hydrogens (primary N) is 1. The number of amides is 1. The first-order chi connectivity index (χ1) is 10.5. The number of carbonyl (C=O) groups is 1. The summed E-state index contributed by atoms with van der Waals surface area (Å²) >= 11 is 1.04. The average Bonchev–Trinajstić information content (AvgIpc) is 2.49. The third-order valence-corrected chi connectivity index (χ3v) is 3.70. The zero-order valence-electron chi connectivity index (χ0n) is 12.2. The number of anilines is 2. The Morgan fingerprint density at radius 3 is 2.68 bits per heavy atom. The lowest BCUT2D eigenvalue weighted by atomic mass is 10.2. The Morgan fingerprint density at radius 1 is 1.36 bits per heavy atom. The molecular weight excluding hydrogens is 304 g/mol. The van der Waals surface area contributed by atoms with Gasteiger partial charge >= 0.3 is 0 Å². The van der Waals surface area contributed by atoms with Crippen molar-refractivity contribution in [3.63, 3.8) is 0 Å². The molecule has 1 aromatic carbocycles. The maximum Gasteiger partial charge on any atom is 0.291 e. The lowest BCUT2D eigenvalue weighted by Crippen LogP contribution is -2.30. The Bertz CT molecular complexity index is 713. The van der Waals surface area contributed by atoms with Crippen molar-refractivity contribution in [2.24, 2.45) is 0 Å². The first-order valence-electron chi connectivity index (χ1n) is 6.37. The second-order valence-corrected chi connectivity index (χ2v) is 5.56. The van der Waals surface area contributed by atoms with Crippen LogP contribution in [0.25, 0.3) is 0 Å². The summed E-state index contributed by atoms with van der Waals surface area (Å²) in [5.74, 6) is 5.36. The van der Waals surface area contributed by atoms with E-state index in [-0.39, 0.29) is 16.8 Å². The Morgan fingerprint density at radius 2 is 2.05 bits per heavy atom. The zero-order valence-corrected chi connectivity index (χ0v) is 13.0. The highest BCUT2D eigenvalue weighted by Gasteiger charge is 2.08. The van der Waals surface area contributed by atoms with Gasteiger partial charge in [-0.3, -0.25) is 9.59 Å². The summed E-state index contributed by atoms with van der Waals surface area (Å²) in [6, 6.07) is 7.45. The highest BCUT2D eigenvalue weighted by Crippen LogP contribution is 2.16. The predicted molar refractivity (Wildman–Crippen MR) is 86.6 cm³/mol. The van der Waals surface area contributed by atoms with Gasteiger partial charge in [0.05, 0.1) is 5.75 Å². The predicted octanol–water partition coefficient (Wildman–Crippen LogP) is 0.149.